The molecule has 4 bridgehead atoms. The standard InChI is InChI=1S/C16H26N/c1-10(2)11-9-16(4)13-6-7-15(3,8-12(11)13)14(16)17-5/h5,10-14H,6-9H2,1-4H3/q+1. The molecule has 17 heavy (non-hydrogen) atoms. The molecule has 0 radical (unpaired) electrons. The van der Waals surface area contributed by atoms with Crippen molar-refractivity contribution in [1.29, 1.82) is 0 Å². The lowest BCUT2D eigenvalue weighted by atomic mass is 9.48. The third-order valence-corrected chi connectivity index (χ3v) is 6.61. The van der Waals surface area contributed by atoms with Crippen LogP contribution in [-0.4, -0.2) is 6.04 Å². The molecule has 1 heteroatoms. The van der Waals surface area contributed by atoms with Crippen molar-refractivity contribution in [2.45, 2.75) is 59.4 Å². The minimum Gasteiger partial charge on any atom is -0.0824 e. The van der Waals surface area contributed by atoms with Crippen molar-refractivity contribution in [3.8, 4) is 6.57 Å². The molecule has 1 nitrogen and oxygen atoms in total. The summed E-state index contributed by atoms with van der Waals surface area (Å²) in [5.74, 6) is 3.59. The lowest BCUT2D eigenvalue weighted by molar-refractivity contribution is -0.0519. The molecule has 4 rings (SSSR count). The molecule has 4 saturated carbocycles. The van der Waals surface area contributed by atoms with Crippen LogP contribution in [0.4, 0.5) is 0 Å². The lowest BCUT2D eigenvalue weighted by Crippen LogP contribution is -2.55. The van der Waals surface area contributed by atoms with Crippen molar-refractivity contribution >= 4 is 0 Å². The first-order valence-electron chi connectivity index (χ1n) is 7.32. The summed E-state index contributed by atoms with van der Waals surface area (Å²) in [7, 11) is 0. The average Bonchev–Trinajstić information content (AvgIpc) is 2.48. The van der Waals surface area contributed by atoms with Crippen LogP contribution in [0.2, 0.25) is 0 Å². The summed E-state index contributed by atoms with van der Waals surface area (Å²) in [6.07, 6.45) is 5.51. The van der Waals surface area contributed by atoms with E-state index in [2.05, 4.69) is 32.5 Å². The molecule has 0 aliphatic heterocycles. The first-order chi connectivity index (χ1) is 7.92. The van der Waals surface area contributed by atoms with Crippen molar-refractivity contribution in [2.75, 3.05) is 0 Å². The molecule has 4 aliphatic rings. The fraction of sp³-hybridized carbons (Fsp3) is 0.938. The minimum atomic E-state index is 0.395. The molecular formula is C16H26N+. The van der Waals surface area contributed by atoms with E-state index >= 15 is 0 Å². The van der Waals surface area contributed by atoms with Gasteiger partial charge in [-0.25, -0.2) is 0 Å². The van der Waals surface area contributed by atoms with E-state index in [1.54, 1.807) is 0 Å². The molecule has 0 amide bonds. The third kappa shape index (κ3) is 1.25. The molecule has 0 N–H and O–H groups in total. The van der Waals surface area contributed by atoms with E-state index in [0.29, 0.717) is 16.9 Å². The van der Waals surface area contributed by atoms with Gasteiger partial charge in [-0.15, -0.1) is 0 Å². The first-order valence-corrected chi connectivity index (χ1v) is 7.32. The number of fused-ring (bicyclic) bond motifs is 1. The van der Waals surface area contributed by atoms with Gasteiger partial charge in [-0.05, 0) is 49.4 Å². The summed E-state index contributed by atoms with van der Waals surface area (Å²) in [4.78, 5) is 4.35. The zero-order chi connectivity index (χ0) is 12.4. The molecule has 4 fully saturated rings. The SMILES string of the molecule is C#[N+]C1C2(C)CCC3C(C2)C(C(C)C)CC31C. The zero-order valence-electron chi connectivity index (χ0n) is 11.7. The van der Waals surface area contributed by atoms with Crippen LogP contribution in [0.3, 0.4) is 0 Å². The Balaban J connectivity index is 2.05. The molecular weight excluding hydrogens is 206 g/mol. The molecule has 0 heterocycles. The second kappa shape index (κ2) is 3.28. The highest BCUT2D eigenvalue weighted by atomic mass is 14.9. The van der Waals surface area contributed by atoms with Crippen LogP contribution in [0, 0.1) is 41.1 Å². The fourth-order valence-corrected chi connectivity index (χ4v) is 6.00. The summed E-state index contributed by atoms with van der Waals surface area (Å²) in [5.41, 5.74) is 0.798. The Hall–Kier alpha value is -0.510. The van der Waals surface area contributed by atoms with E-state index in [4.69, 9.17) is 6.57 Å². The average molecular weight is 232 g/mol. The predicted octanol–water partition coefficient (Wildman–Crippen LogP) is 4.44. The maximum Gasteiger partial charge on any atom is 0.282 e. The van der Waals surface area contributed by atoms with Gasteiger partial charge in [-0.3, -0.25) is 0 Å². The molecule has 0 aromatic heterocycles. The summed E-state index contributed by atoms with van der Waals surface area (Å²) in [5, 5.41) is 0. The normalized spacial score (nSPS) is 56.2. The van der Waals surface area contributed by atoms with Crippen molar-refractivity contribution in [1.82, 2.24) is 0 Å². The highest BCUT2D eigenvalue weighted by molar-refractivity contribution is 5.21. The number of hydrogen-bond donors (Lipinski definition) is 0. The molecule has 0 aromatic carbocycles. The molecule has 0 aromatic rings. The maximum atomic E-state index is 5.79. The topological polar surface area (TPSA) is 4.36 Å². The van der Waals surface area contributed by atoms with Crippen LogP contribution in [0.15, 0.2) is 0 Å². The van der Waals surface area contributed by atoms with Gasteiger partial charge in [-0.2, -0.15) is 0 Å². The monoisotopic (exact) mass is 232 g/mol. The van der Waals surface area contributed by atoms with Crippen LogP contribution in [-0.2, 0) is 0 Å². The van der Waals surface area contributed by atoms with Gasteiger partial charge in [-0.1, -0.05) is 32.5 Å². The van der Waals surface area contributed by atoms with Crippen LogP contribution in [0.5, 0.6) is 0 Å². The Morgan fingerprint density at radius 3 is 2.53 bits per heavy atom. The van der Waals surface area contributed by atoms with E-state index in [1.807, 2.05) is 0 Å². The molecule has 6 atom stereocenters. The van der Waals surface area contributed by atoms with E-state index in [1.165, 1.54) is 25.7 Å². The van der Waals surface area contributed by atoms with Crippen molar-refractivity contribution in [3.05, 3.63) is 4.85 Å². The number of nitrogens with zero attached hydrogens (tertiary/aromatic N) is 1. The second-order valence-corrected chi connectivity index (χ2v) is 7.84. The zero-order valence-corrected chi connectivity index (χ0v) is 11.7. The van der Waals surface area contributed by atoms with Crippen LogP contribution < -0.4 is 0 Å². The Bertz CT molecular complexity index is 379. The summed E-state index contributed by atoms with van der Waals surface area (Å²) in [6.45, 7) is 15.5. The second-order valence-electron chi connectivity index (χ2n) is 7.84. The van der Waals surface area contributed by atoms with Crippen molar-refractivity contribution in [3.63, 3.8) is 0 Å². The largest absolute Gasteiger partial charge is 0.282 e. The highest BCUT2D eigenvalue weighted by Gasteiger charge is 2.71. The maximum absolute atomic E-state index is 5.79. The van der Waals surface area contributed by atoms with Crippen LogP contribution in [0.1, 0.15) is 53.4 Å². The van der Waals surface area contributed by atoms with E-state index in [9.17, 15) is 0 Å². The Morgan fingerprint density at radius 2 is 1.94 bits per heavy atom. The minimum absolute atomic E-state index is 0.395. The Morgan fingerprint density at radius 1 is 1.24 bits per heavy atom. The van der Waals surface area contributed by atoms with Gasteiger partial charge < -0.3 is 0 Å². The molecule has 0 saturated heterocycles. The Labute approximate surface area is 106 Å². The van der Waals surface area contributed by atoms with Gasteiger partial charge in [0.25, 0.3) is 12.6 Å². The quantitative estimate of drug-likeness (QED) is 0.629. The van der Waals surface area contributed by atoms with E-state index in [0.717, 1.165) is 23.7 Å². The van der Waals surface area contributed by atoms with E-state index in [-0.39, 0.29) is 0 Å². The number of rotatable bonds is 1. The number of hydrogen-bond acceptors (Lipinski definition) is 0. The molecule has 4 aliphatic carbocycles. The fourth-order valence-electron chi connectivity index (χ4n) is 6.00. The first kappa shape index (κ1) is 11.6. The third-order valence-electron chi connectivity index (χ3n) is 6.61. The lowest BCUT2D eigenvalue weighted by Gasteiger charge is -2.53. The van der Waals surface area contributed by atoms with Gasteiger partial charge in [0.05, 0.1) is 5.41 Å². The summed E-state index contributed by atoms with van der Waals surface area (Å²) >= 11 is 0. The van der Waals surface area contributed by atoms with Gasteiger partial charge >= 0.3 is 0 Å². The van der Waals surface area contributed by atoms with Gasteiger partial charge in [0.2, 0.25) is 0 Å². The van der Waals surface area contributed by atoms with Gasteiger partial charge in [0, 0.05) is 5.41 Å². The van der Waals surface area contributed by atoms with Crippen LogP contribution in [0.25, 0.3) is 4.85 Å². The predicted molar refractivity (Wildman–Crippen MR) is 72.1 cm³/mol. The summed E-state index contributed by atoms with van der Waals surface area (Å²) < 4.78 is 0. The van der Waals surface area contributed by atoms with Crippen molar-refractivity contribution in [2.24, 2.45) is 34.5 Å². The molecule has 94 valence electrons. The van der Waals surface area contributed by atoms with Gasteiger partial charge in [0.15, 0.2) is 0 Å². The highest BCUT2D eigenvalue weighted by Crippen LogP contribution is 2.71. The molecule has 0 spiro atoms. The smallest absolute Gasteiger partial charge is 0.0824 e. The van der Waals surface area contributed by atoms with E-state index < -0.39 is 0 Å². The Kier molecular flexibility index (Phi) is 2.23. The molecule has 6 unspecified atom stereocenters. The van der Waals surface area contributed by atoms with Gasteiger partial charge in [0.1, 0.15) is 0 Å². The van der Waals surface area contributed by atoms with Crippen LogP contribution >= 0.6 is 0 Å². The summed E-state index contributed by atoms with van der Waals surface area (Å²) in [6, 6.07) is 0.411. The van der Waals surface area contributed by atoms with Crippen molar-refractivity contribution < 1.29 is 0 Å².